The van der Waals surface area contributed by atoms with Gasteiger partial charge >= 0.3 is 0 Å². The van der Waals surface area contributed by atoms with Crippen LogP contribution < -0.4 is 15.5 Å². The molecule has 0 amide bonds. The minimum absolute atomic E-state index is 0.106. The Bertz CT molecular complexity index is 5060. The molecular formula is C79H64N4OS. The molecule has 0 atom stereocenters. The molecule has 5 nitrogen and oxygen atoms in total. The van der Waals surface area contributed by atoms with Gasteiger partial charge in [-0.1, -0.05) is 139 Å². The normalized spacial score (nSPS) is 14.2. The smallest absolute Gasteiger partial charge is 0.161 e. The van der Waals surface area contributed by atoms with Gasteiger partial charge in [-0.05, 0) is 212 Å². The van der Waals surface area contributed by atoms with E-state index in [4.69, 9.17) is 10.2 Å². The Balaban J connectivity index is 0.844. The third-order valence-corrected chi connectivity index (χ3v) is 20.5. The summed E-state index contributed by atoms with van der Waals surface area (Å²) in [5.74, 6) is 0. The highest BCUT2D eigenvalue weighted by atomic mass is 32.1. The van der Waals surface area contributed by atoms with Crippen LogP contribution in [0.4, 0.5) is 39.8 Å². The number of nitrogens with two attached hydrogens (primary N) is 1. The molecule has 85 heavy (non-hydrogen) atoms. The molecule has 2 aliphatic rings. The summed E-state index contributed by atoms with van der Waals surface area (Å²) >= 11 is 1.90. The van der Waals surface area contributed by atoms with Gasteiger partial charge in [0.15, 0.2) is 5.58 Å². The van der Waals surface area contributed by atoms with Gasteiger partial charge < -0.3 is 24.4 Å². The molecule has 17 rings (SSSR count). The first-order valence-electron chi connectivity index (χ1n) is 29.9. The van der Waals surface area contributed by atoms with Crippen molar-refractivity contribution in [2.75, 3.05) is 15.5 Å². The zero-order valence-electron chi connectivity index (χ0n) is 49.7. The van der Waals surface area contributed by atoms with E-state index in [2.05, 4.69) is 278 Å². The summed E-state index contributed by atoms with van der Waals surface area (Å²) in [6, 6.07) is 73.2. The molecule has 2 N–H and O–H groups in total. The fourth-order valence-electron chi connectivity index (χ4n) is 15.6. The number of nitrogens with zero attached hydrogens (tertiary/aromatic N) is 3. The second kappa shape index (κ2) is 17.1. The summed E-state index contributed by atoms with van der Waals surface area (Å²) < 4.78 is 12.4. The van der Waals surface area contributed by atoms with Crippen molar-refractivity contribution in [1.29, 1.82) is 0 Å². The van der Waals surface area contributed by atoms with Gasteiger partial charge in [0, 0.05) is 83.0 Å². The molecule has 0 bridgehead atoms. The van der Waals surface area contributed by atoms with Gasteiger partial charge in [-0.15, -0.1) is 11.3 Å². The predicted molar refractivity (Wildman–Crippen MR) is 363 cm³/mol. The first kappa shape index (κ1) is 50.2. The third-order valence-electron chi connectivity index (χ3n) is 19.3. The highest BCUT2D eigenvalue weighted by Crippen LogP contribution is 2.57. The van der Waals surface area contributed by atoms with Crippen LogP contribution in [0.25, 0.3) is 102 Å². The molecule has 6 heteroatoms. The molecule has 11 aromatic carbocycles. The van der Waals surface area contributed by atoms with Crippen LogP contribution in [-0.2, 0) is 16.2 Å². The number of aromatic nitrogens is 1. The summed E-state index contributed by atoms with van der Waals surface area (Å²) in [5, 5.41) is 9.93. The largest absolute Gasteiger partial charge is 0.454 e. The van der Waals surface area contributed by atoms with E-state index in [-0.39, 0.29) is 16.2 Å². The molecule has 0 saturated heterocycles. The van der Waals surface area contributed by atoms with Gasteiger partial charge in [0.25, 0.3) is 0 Å². The van der Waals surface area contributed by atoms with Gasteiger partial charge in [-0.3, -0.25) is 0 Å². The molecule has 0 unspecified atom stereocenters. The van der Waals surface area contributed by atoms with E-state index in [0.717, 1.165) is 72.8 Å². The fourth-order valence-corrected chi connectivity index (χ4v) is 16.8. The van der Waals surface area contributed by atoms with Gasteiger partial charge in [0.1, 0.15) is 11.1 Å². The first-order chi connectivity index (χ1) is 40.9. The summed E-state index contributed by atoms with van der Waals surface area (Å²) in [7, 11) is 0. The van der Waals surface area contributed by atoms with Gasteiger partial charge in [0.2, 0.25) is 0 Å². The lowest BCUT2D eigenvalue weighted by atomic mass is 9.80. The molecule has 4 aromatic heterocycles. The summed E-state index contributed by atoms with van der Waals surface area (Å²) in [6.45, 7) is 23.1. The minimum atomic E-state index is -0.216. The quantitative estimate of drug-likeness (QED) is 0.169. The number of hydrogen-bond acceptors (Lipinski definition) is 5. The maximum absolute atomic E-state index is 7.34. The number of thiophene rings is 1. The Morgan fingerprint density at radius 1 is 0.435 bits per heavy atom. The molecule has 0 aliphatic heterocycles. The van der Waals surface area contributed by atoms with E-state index >= 15 is 0 Å². The van der Waals surface area contributed by atoms with Crippen molar-refractivity contribution in [2.45, 2.75) is 85.5 Å². The Hall–Kier alpha value is -9.36. The zero-order chi connectivity index (χ0) is 57.9. The number of hydrogen-bond donors (Lipinski definition) is 1. The van der Waals surface area contributed by atoms with Crippen molar-refractivity contribution < 1.29 is 4.42 Å². The number of rotatable bonds is 6. The van der Waals surface area contributed by atoms with Crippen molar-refractivity contribution in [3.63, 3.8) is 0 Å². The Morgan fingerprint density at radius 2 is 0.941 bits per heavy atom. The molecular weight excluding hydrogens is 1050 g/mol. The summed E-state index contributed by atoms with van der Waals surface area (Å²) in [6.07, 6.45) is 0. The first-order valence-corrected chi connectivity index (χ1v) is 30.7. The van der Waals surface area contributed by atoms with Crippen LogP contribution in [0.15, 0.2) is 199 Å². The Morgan fingerprint density at radius 3 is 1.53 bits per heavy atom. The van der Waals surface area contributed by atoms with Crippen LogP contribution in [0.1, 0.15) is 93.0 Å². The molecule has 0 radical (unpaired) electrons. The number of benzene rings is 11. The molecule has 0 saturated carbocycles. The highest BCUT2D eigenvalue weighted by molar-refractivity contribution is 7.26. The van der Waals surface area contributed by atoms with Crippen LogP contribution >= 0.6 is 11.3 Å². The van der Waals surface area contributed by atoms with Crippen molar-refractivity contribution in [3.05, 3.63) is 239 Å². The molecule has 2 aliphatic carbocycles. The molecule has 0 fully saturated rings. The second-order valence-electron chi connectivity index (χ2n) is 26.7. The van der Waals surface area contributed by atoms with Crippen LogP contribution in [0.2, 0.25) is 0 Å². The lowest BCUT2D eigenvalue weighted by Crippen LogP contribution is -2.17. The molecule has 4 heterocycles. The summed E-state index contributed by atoms with van der Waals surface area (Å²) in [5.41, 5.74) is 34.4. The van der Waals surface area contributed by atoms with Crippen LogP contribution in [0.5, 0.6) is 0 Å². The Kier molecular flexibility index (Phi) is 10.1. The number of fused-ring (bicyclic) bond motifs is 20. The second-order valence-corrected chi connectivity index (χ2v) is 27.7. The van der Waals surface area contributed by atoms with Crippen molar-refractivity contribution in [1.82, 2.24) is 4.40 Å². The average Bonchev–Trinajstić information content (AvgIpc) is 1.53. The number of nitrogen functional groups attached to an aromatic ring is 1. The maximum Gasteiger partial charge on any atom is 0.161 e. The van der Waals surface area contributed by atoms with Crippen LogP contribution in [-0.4, -0.2) is 4.40 Å². The highest BCUT2D eigenvalue weighted by Gasteiger charge is 2.40. The lowest BCUT2D eigenvalue weighted by Gasteiger charge is -2.29. The number of furan rings is 1. The van der Waals surface area contributed by atoms with Crippen molar-refractivity contribution >= 4 is 131 Å². The number of anilines is 7. The predicted octanol–water partition coefficient (Wildman–Crippen LogP) is 22.5. The molecule has 412 valence electrons. The average molecular weight is 1120 g/mol. The molecule has 15 aromatic rings. The van der Waals surface area contributed by atoms with E-state index < -0.39 is 0 Å². The standard InChI is InChI=1S/C79H64N4OS/c1-43-31-44(2)34-54(33-43)81(50-21-27-58-60-25-19-46-15-11-13-17-56(46)70(60)78(7,8)66(58)39-50)52-23-29-62-68(41-52)84-75-64-36-48(77(4,5)6)37-65-72(64)83(73(62)75)74-63-30-24-53(42-69(63)85-76(65)74)82(55-35-45(3)32-49(80)38-55)51-22-28-59-61-26-20-47-16-12-14-18-57(47)71(61)79(9,10)67(59)40-51/h11-42H,80H2,1-10H3. The Labute approximate surface area is 499 Å². The van der Waals surface area contributed by atoms with Crippen molar-refractivity contribution in [3.8, 4) is 22.3 Å². The van der Waals surface area contributed by atoms with E-state index in [0.29, 0.717) is 0 Å². The minimum Gasteiger partial charge on any atom is -0.454 e. The van der Waals surface area contributed by atoms with Crippen LogP contribution in [0.3, 0.4) is 0 Å². The van der Waals surface area contributed by atoms with Gasteiger partial charge in [0.05, 0.1) is 15.7 Å². The maximum atomic E-state index is 7.34. The number of aryl methyl sites for hydroxylation is 3. The topological polar surface area (TPSA) is 50.0 Å². The van der Waals surface area contributed by atoms with Crippen molar-refractivity contribution in [2.24, 2.45) is 0 Å². The lowest BCUT2D eigenvalue weighted by molar-refractivity contribution is 0.591. The van der Waals surface area contributed by atoms with Gasteiger partial charge in [-0.25, -0.2) is 0 Å². The monoisotopic (exact) mass is 1120 g/mol. The van der Waals surface area contributed by atoms with E-state index in [1.165, 1.54) is 114 Å². The summed E-state index contributed by atoms with van der Waals surface area (Å²) in [4.78, 5) is 4.85. The van der Waals surface area contributed by atoms with Gasteiger partial charge in [-0.2, -0.15) is 0 Å². The SMILES string of the molecule is Cc1cc(C)cc(N(c2ccc3c(c2)C(C)(C)c2c-3ccc3ccccc23)c2ccc3c(c2)oc2c4cc(C(C)(C)C)cc5c6sc7cc(N(c8cc(C)cc(N)c8)c8ccc9c(c8)C(C)(C)c8c-9ccc9ccccc89)ccc7c6n(c45)c32)c1. The third kappa shape index (κ3) is 7.03. The molecule has 0 spiro atoms. The van der Waals surface area contributed by atoms with Crippen LogP contribution in [0, 0.1) is 20.8 Å². The van der Waals surface area contributed by atoms with E-state index in [1.54, 1.807) is 0 Å². The van der Waals surface area contributed by atoms with E-state index in [9.17, 15) is 0 Å². The zero-order valence-corrected chi connectivity index (χ0v) is 50.5. The van der Waals surface area contributed by atoms with E-state index in [1.807, 2.05) is 11.3 Å². The fraction of sp³-hybridized carbons (Fsp3) is 0.165.